The van der Waals surface area contributed by atoms with Crippen LogP contribution in [0.3, 0.4) is 0 Å². The van der Waals surface area contributed by atoms with Gasteiger partial charge in [-0.1, -0.05) is 46.0 Å². The van der Waals surface area contributed by atoms with E-state index in [9.17, 15) is 10.2 Å². The van der Waals surface area contributed by atoms with E-state index in [1.165, 1.54) is 59.5 Å². The zero-order chi connectivity index (χ0) is 26.0. The Balaban J connectivity index is 1.58. The fraction of sp³-hybridized carbons (Fsp3) is 0.484. The molecule has 0 radical (unpaired) electrons. The SMILES string of the molecule is CCC(=NC(=S)C(CC)Cc1ccc2c(c1)c1c(n2C)CCCC1)C(C)c1cc(CC)c(O)cc1O. The van der Waals surface area contributed by atoms with Crippen molar-refractivity contribution in [3.63, 3.8) is 0 Å². The monoisotopic (exact) mass is 504 g/mol. The first-order valence-electron chi connectivity index (χ1n) is 13.5. The first-order valence-corrected chi connectivity index (χ1v) is 13.9. The van der Waals surface area contributed by atoms with Crippen LogP contribution in [0.1, 0.15) is 87.2 Å². The minimum absolute atomic E-state index is 0.0800. The van der Waals surface area contributed by atoms with E-state index < -0.39 is 0 Å². The molecule has 1 aliphatic rings. The van der Waals surface area contributed by atoms with Gasteiger partial charge in [-0.15, -0.1) is 0 Å². The molecule has 0 saturated heterocycles. The van der Waals surface area contributed by atoms with Gasteiger partial charge in [-0.25, -0.2) is 4.99 Å². The third-order valence-corrected chi connectivity index (χ3v) is 8.53. The maximum absolute atomic E-state index is 10.5. The fourth-order valence-electron chi connectivity index (χ4n) is 5.80. The van der Waals surface area contributed by atoms with Gasteiger partial charge in [-0.3, -0.25) is 0 Å². The van der Waals surface area contributed by atoms with Crippen LogP contribution in [0.4, 0.5) is 0 Å². The van der Waals surface area contributed by atoms with E-state index >= 15 is 0 Å². The Labute approximate surface area is 221 Å². The van der Waals surface area contributed by atoms with E-state index in [1.54, 1.807) is 0 Å². The van der Waals surface area contributed by atoms with Gasteiger partial charge in [0.2, 0.25) is 0 Å². The lowest BCUT2D eigenvalue weighted by Gasteiger charge is -2.20. The molecule has 0 aliphatic heterocycles. The van der Waals surface area contributed by atoms with Crippen LogP contribution in [0.2, 0.25) is 0 Å². The predicted molar refractivity (Wildman–Crippen MR) is 155 cm³/mol. The number of hydrogen-bond donors (Lipinski definition) is 2. The summed E-state index contributed by atoms with van der Waals surface area (Å²) in [5.41, 5.74) is 8.29. The van der Waals surface area contributed by atoms with E-state index in [-0.39, 0.29) is 23.3 Å². The van der Waals surface area contributed by atoms with Gasteiger partial charge in [-0.2, -0.15) is 0 Å². The second kappa shape index (κ2) is 11.2. The van der Waals surface area contributed by atoms with Crippen molar-refractivity contribution in [2.75, 3.05) is 0 Å². The second-order valence-electron chi connectivity index (χ2n) is 10.3. The number of aryl methyl sites for hydroxylation is 3. The molecule has 2 unspecified atom stereocenters. The molecule has 1 aromatic heterocycles. The Kier molecular flexibility index (Phi) is 8.19. The summed E-state index contributed by atoms with van der Waals surface area (Å²) in [6.07, 6.45) is 8.20. The summed E-state index contributed by atoms with van der Waals surface area (Å²) >= 11 is 5.89. The third kappa shape index (κ3) is 5.08. The average Bonchev–Trinajstić information content (AvgIpc) is 3.17. The number of rotatable bonds is 8. The lowest BCUT2D eigenvalue weighted by Crippen LogP contribution is -2.17. The Morgan fingerprint density at radius 3 is 2.50 bits per heavy atom. The number of thiocarbonyl (C=S) groups is 1. The van der Waals surface area contributed by atoms with Crippen molar-refractivity contribution in [2.24, 2.45) is 18.0 Å². The third-order valence-electron chi connectivity index (χ3n) is 8.11. The highest BCUT2D eigenvalue weighted by atomic mass is 32.1. The number of phenolic OH excluding ortho intramolecular Hbond substituents is 2. The van der Waals surface area contributed by atoms with Crippen molar-refractivity contribution in [1.29, 1.82) is 0 Å². The fourth-order valence-corrected chi connectivity index (χ4v) is 6.16. The summed E-state index contributed by atoms with van der Waals surface area (Å²) in [7, 11) is 2.20. The molecular formula is C31H40N2O2S. The van der Waals surface area contributed by atoms with Gasteiger partial charge >= 0.3 is 0 Å². The second-order valence-corrected chi connectivity index (χ2v) is 10.7. The Morgan fingerprint density at radius 2 is 1.81 bits per heavy atom. The molecular weight excluding hydrogens is 464 g/mol. The summed E-state index contributed by atoms with van der Waals surface area (Å²) in [6.45, 7) is 8.33. The summed E-state index contributed by atoms with van der Waals surface area (Å²) < 4.78 is 2.39. The van der Waals surface area contributed by atoms with E-state index in [0.717, 1.165) is 41.1 Å². The maximum atomic E-state index is 10.5. The van der Waals surface area contributed by atoms with Gasteiger partial charge < -0.3 is 14.8 Å². The molecule has 0 bridgehead atoms. The van der Waals surface area contributed by atoms with Crippen LogP contribution in [-0.2, 0) is 32.7 Å². The van der Waals surface area contributed by atoms with E-state index in [0.29, 0.717) is 6.42 Å². The number of phenols is 2. The highest BCUT2D eigenvalue weighted by Gasteiger charge is 2.22. The lowest BCUT2D eigenvalue weighted by molar-refractivity contribution is 0.441. The summed E-state index contributed by atoms with van der Waals surface area (Å²) in [6, 6.07) is 10.3. The van der Waals surface area contributed by atoms with Crippen molar-refractivity contribution in [3.05, 3.63) is 58.3 Å². The number of aromatic nitrogens is 1. The molecule has 0 fully saturated rings. The number of benzene rings is 2. The number of nitrogens with zero attached hydrogens (tertiary/aromatic N) is 2. The normalized spacial score (nSPS) is 15.6. The van der Waals surface area contributed by atoms with Crippen molar-refractivity contribution in [3.8, 4) is 11.5 Å². The molecule has 1 aliphatic carbocycles. The number of hydrogen-bond acceptors (Lipinski definition) is 3. The van der Waals surface area contributed by atoms with Crippen LogP contribution in [0.5, 0.6) is 11.5 Å². The molecule has 1 heterocycles. The molecule has 2 aromatic carbocycles. The topological polar surface area (TPSA) is 57.8 Å². The molecule has 4 rings (SSSR count). The summed E-state index contributed by atoms with van der Waals surface area (Å²) in [4.78, 5) is 5.71. The number of aromatic hydroxyl groups is 2. The first kappa shape index (κ1) is 26.4. The van der Waals surface area contributed by atoms with Crippen LogP contribution in [0.15, 0.2) is 35.3 Å². The first-order chi connectivity index (χ1) is 17.3. The number of aliphatic imine (C=N–C) groups is 1. The maximum Gasteiger partial charge on any atom is 0.123 e. The standard InChI is InChI=1S/C31H40N2O2S/c1-6-21-17-24(30(35)18-29(21)34)19(4)26(8-3)32-31(36)22(7-2)15-20-13-14-28-25(16-20)23-11-9-10-12-27(23)33(28)5/h13-14,16-19,22,34-35H,6-12,15H2,1-5H3. The van der Waals surface area contributed by atoms with E-state index in [2.05, 4.69) is 50.6 Å². The zero-order valence-electron chi connectivity index (χ0n) is 22.4. The molecule has 2 atom stereocenters. The van der Waals surface area contributed by atoms with Gasteiger partial charge in [0.25, 0.3) is 0 Å². The number of fused-ring (bicyclic) bond motifs is 3. The summed E-state index contributed by atoms with van der Waals surface area (Å²) in [5, 5.41) is 22.0. The largest absolute Gasteiger partial charge is 0.508 e. The minimum Gasteiger partial charge on any atom is -0.508 e. The van der Waals surface area contributed by atoms with Crippen LogP contribution in [0.25, 0.3) is 10.9 Å². The van der Waals surface area contributed by atoms with Crippen LogP contribution in [-0.4, -0.2) is 25.5 Å². The highest BCUT2D eigenvalue weighted by molar-refractivity contribution is 7.80. The van der Waals surface area contributed by atoms with Gasteiger partial charge in [0, 0.05) is 52.8 Å². The van der Waals surface area contributed by atoms with Crippen molar-refractivity contribution in [1.82, 2.24) is 4.57 Å². The van der Waals surface area contributed by atoms with Crippen molar-refractivity contribution >= 4 is 33.8 Å². The summed E-state index contributed by atoms with van der Waals surface area (Å²) in [5.74, 6) is 0.351. The van der Waals surface area contributed by atoms with Crippen molar-refractivity contribution < 1.29 is 10.2 Å². The highest BCUT2D eigenvalue weighted by Crippen LogP contribution is 2.35. The smallest absolute Gasteiger partial charge is 0.123 e. The predicted octanol–water partition coefficient (Wildman–Crippen LogP) is 7.58. The zero-order valence-corrected chi connectivity index (χ0v) is 23.2. The molecule has 4 nitrogen and oxygen atoms in total. The minimum atomic E-state index is -0.0800. The van der Waals surface area contributed by atoms with Crippen molar-refractivity contribution in [2.45, 2.75) is 85.0 Å². The van der Waals surface area contributed by atoms with Gasteiger partial charge in [-0.05, 0) is 86.3 Å². The molecule has 36 heavy (non-hydrogen) atoms. The molecule has 0 amide bonds. The van der Waals surface area contributed by atoms with Crippen LogP contribution < -0.4 is 0 Å². The molecule has 5 heteroatoms. The van der Waals surface area contributed by atoms with E-state index in [4.69, 9.17) is 17.2 Å². The average molecular weight is 505 g/mol. The molecule has 0 spiro atoms. The quantitative estimate of drug-likeness (QED) is 0.245. The molecule has 0 saturated carbocycles. The van der Waals surface area contributed by atoms with Crippen LogP contribution >= 0.6 is 12.2 Å². The Bertz CT molecular complexity index is 1300. The molecule has 2 N–H and O–H groups in total. The van der Waals surface area contributed by atoms with Gasteiger partial charge in [0.1, 0.15) is 16.5 Å². The Hall–Kier alpha value is -2.66. The van der Waals surface area contributed by atoms with E-state index in [1.807, 2.05) is 13.0 Å². The van der Waals surface area contributed by atoms with Gasteiger partial charge in [0.15, 0.2) is 0 Å². The van der Waals surface area contributed by atoms with Crippen LogP contribution in [0, 0.1) is 5.92 Å². The lowest BCUT2D eigenvalue weighted by atomic mass is 9.90. The molecule has 3 aromatic rings. The molecule has 192 valence electrons. The van der Waals surface area contributed by atoms with Gasteiger partial charge in [0.05, 0.1) is 0 Å². The Morgan fingerprint density at radius 1 is 1.06 bits per heavy atom.